The Bertz CT molecular complexity index is 436. The molecule has 1 rings (SSSR count). The third-order valence-electron chi connectivity index (χ3n) is 1.66. The molecule has 0 amide bonds. The molecule has 0 N–H and O–H groups in total. The zero-order chi connectivity index (χ0) is 11.6. The fourth-order valence-electron chi connectivity index (χ4n) is 0.983. The first kappa shape index (κ1) is 12.3. The molecule has 0 aromatic heterocycles. The lowest BCUT2D eigenvalue weighted by Gasteiger charge is -2.01. The second-order valence-corrected chi connectivity index (χ2v) is 4.01. The average molecular weight is 341 g/mol. The molecular weight excluding hydrogens is 337 g/mol. The Morgan fingerprint density at radius 2 is 2.13 bits per heavy atom. The largest absolute Gasteiger partial charge is 0.293 e. The van der Waals surface area contributed by atoms with Crippen LogP contribution in [0.25, 0.3) is 0 Å². The van der Waals surface area contributed by atoms with Gasteiger partial charge in [-0.3, -0.25) is 14.9 Å². The van der Waals surface area contributed by atoms with E-state index < -0.39 is 22.2 Å². The Labute approximate surface area is 101 Å². The molecule has 15 heavy (non-hydrogen) atoms. The minimum atomic E-state index is -0.722. The first-order valence-electron chi connectivity index (χ1n) is 3.70. The van der Waals surface area contributed by atoms with Gasteiger partial charge in [-0.2, -0.15) is 0 Å². The highest BCUT2D eigenvalue weighted by Gasteiger charge is 2.21. The van der Waals surface area contributed by atoms with Gasteiger partial charge in [0.25, 0.3) is 5.69 Å². The Morgan fingerprint density at radius 1 is 1.53 bits per heavy atom. The number of halogens is 3. The van der Waals surface area contributed by atoms with Crippen molar-refractivity contribution in [2.24, 2.45) is 0 Å². The summed E-state index contributed by atoms with van der Waals surface area (Å²) in [5.74, 6) is -1.24. The van der Waals surface area contributed by atoms with Crippen molar-refractivity contribution in [2.45, 2.75) is 0 Å². The number of carbonyl (C=O) groups is 1. The first-order valence-corrected chi connectivity index (χ1v) is 5.61. The minimum Gasteiger partial charge on any atom is -0.293 e. The van der Waals surface area contributed by atoms with E-state index in [-0.39, 0.29) is 15.4 Å². The van der Waals surface area contributed by atoms with Crippen LogP contribution in [0.5, 0.6) is 0 Å². The van der Waals surface area contributed by atoms with Crippen molar-refractivity contribution in [1.82, 2.24) is 0 Å². The van der Waals surface area contributed by atoms with Crippen LogP contribution in [0.1, 0.15) is 10.4 Å². The Hall–Kier alpha value is -0.820. The molecule has 0 fully saturated rings. The van der Waals surface area contributed by atoms with E-state index in [1.165, 1.54) is 0 Å². The predicted octanol–water partition coefficient (Wildman–Crippen LogP) is 3.07. The Morgan fingerprint density at radius 3 is 2.60 bits per heavy atom. The normalized spacial score (nSPS) is 10.1. The summed E-state index contributed by atoms with van der Waals surface area (Å²) >= 11 is 5.69. The van der Waals surface area contributed by atoms with Crippen molar-refractivity contribution >= 4 is 43.3 Å². The van der Waals surface area contributed by atoms with E-state index in [0.29, 0.717) is 0 Å². The zero-order valence-corrected chi connectivity index (χ0v) is 10.3. The van der Waals surface area contributed by atoms with Crippen LogP contribution in [0.3, 0.4) is 0 Å². The monoisotopic (exact) mass is 339 g/mol. The molecule has 0 radical (unpaired) electrons. The smallest absolute Gasteiger partial charge is 0.281 e. The molecule has 0 unspecified atom stereocenters. The van der Waals surface area contributed by atoms with Crippen LogP contribution in [0, 0.1) is 15.9 Å². The van der Waals surface area contributed by atoms with E-state index in [1.807, 2.05) is 0 Å². The van der Waals surface area contributed by atoms with Crippen LogP contribution >= 0.6 is 31.9 Å². The fraction of sp³-hybridized carbons (Fsp3) is 0.125. The topological polar surface area (TPSA) is 60.2 Å². The average Bonchev–Trinajstić information content (AvgIpc) is 2.20. The van der Waals surface area contributed by atoms with Gasteiger partial charge in [0.1, 0.15) is 5.82 Å². The number of nitro benzene ring substituents is 1. The summed E-state index contributed by atoms with van der Waals surface area (Å²) in [7, 11) is 0. The number of ketones is 1. The third-order valence-corrected chi connectivity index (χ3v) is 2.77. The highest BCUT2D eigenvalue weighted by Crippen LogP contribution is 2.27. The number of rotatable bonds is 3. The molecule has 0 saturated heterocycles. The molecule has 0 atom stereocenters. The molecule has 7 heteroatoms. The Kier molecular flexibility index (Phi) is 3.92. The van der Waals surface area contributed by atoms with E-state index in [1.54, 1.807) is 0 Å². The summed E-state index contributed by atoms with van der Waals surface area (Å²) in [6.07, 6.45) is 0. The quantitative estimate of drug-likeness (QED) is 0.367. The summed E-state index contributed by atoms with van der Waals surface area (Å²) in [5, 5.41) is 10.5. The van der Waals surface area contributed by atoms with Gasteiger partial charge in [-0.25, -0.2) is 4.39 Å². The standard InChI is InChI=1S/C8H4Br2FNO3/c9-3-8(13)4-1-6(11)5(10)2-7(4)12(14)15/h1-2H,3H2. The van der Waals surface area contributed by atoms with Gasteiger partial charge in [-0.15, -0.1) is 0 Å². The SMILES string of the molecule is O=C(CBr)c1cc(F)c(Br)cc1[N+](=O)[O-]. The number of Topliss-reactive ketones (excluding diaryl/α,β-unsaturated/α-hetero) is 1. The minimum absolute atomic E-state index is 0.0414. The van der Waals surface area contributed by atoms with Crippen LogP contribution < -0.4 is 0 Å². The second-order valence-electron chi connectivity index (χ2n) is 2.60. The molecule has 0 heterocycles. The summed E-state index contributed by atoms with van der Waals surface area (Å²) < 4.78 is 13.0. The van der Waals surface area contributed by atoms with E-state index in [0.717, 1.165) is 12.1 Å². The molecule has 1 aromatic carbocycles. The van der Waals surface area contributed by atoms with Gasteiger partial charge in [0, 0.05) is 6.07 Å². The number of nitrogens with zero attached hydrogens (tertiary/aromatic N) is 1. The van der Waals surface area contributed by atoms with Crippen LogP contribution in [0.15, 0.2) is 16.6 Å². The molecule has 0 saturated carbocycles. The number of carbonyl (C=O) groups excluding carboxylic acids is 1. The van der Waals surface area contributed by atoms with Gasteiger partial charge in [0.2, 0.25) is 0 Å². The summed E-state index contributed by atoms with van der Waals surface area (Å²) in [4.78, 5) is 21.1. The molecule has 0 aliphatic carbocycles. The molecule has 4 nitrogen and oxygen atoms in total. The first-order chi connectivity index (χ1) is 6.97. The maximum atomic E-state index is 13.1. The van der Waals surface area contributed by atoms with Gasteiger partial charge < -0.3 is 0 Å². The Balaban J connectivity index is 3.41. The van der Waals surface area contributed by atoms with E-state index in [4.69, 9.17) is 0 Å². The number of hydrogen-bond acceptors (Lipinski definition) is 3. The highest BCUT2D eigenvalue weighted by molar-refractivity contribution is 9.10. The molecule has 0 spiro atoms. The summed E-state index contributed by atoms with van der Waals surface area (Å²) in [6.45, 7) is 0. The third kappa shape index (κ3) is 2.60. The van der Waals surface area contributed by atoms with Crippen LogP contribution in [-0.2, 0) is 0 Å². The number of hydrogen-bond donors (Lipinski definition) is 0. The van der Waals surface area contributed by atoms with Gasteiger partial charge in [-0.05, 0) is 22.0 Å². The van der Waals surface area contributed by atoms with Gasteiger partial charge in [-0.1, -0.05) is 15.9 Å². The highest BCUT2D eigenvalue weighted by atomic mass is 79.9. The van der Waals surface area contributed by atoms with Crippen molar-refractivity contribution in [1.29, 1.82) is 0 Å². The maximum Gasteiger partial charge on any atom is 0.281 e. The molecular formula is C8H4Br2FNO3. The second kappa shape index (κ2) is 4.80. The lowest BCUT2D eigenvalue weighted by molar-refractivity contribution is -0.385. The molecule has 0 aliphatic rings. The molecule has 80 valence electrons. The van der Waals surface area contributed by atoms with E-state index in [9.17, 15) is 19.3 Å². The summed E-state index contributed by atoms with van der Waals surface area (Å²) in [6, 6.07) is 1.83. The number of benzene rings is 1. The van der Waals surface area contributed by atoms with Crippen molar-refractivity contribution in [3.63, 3.8) is 0 Å². The van der Waals surface area contributed by atoms with E-state index >= 15 is 0 Å². The molecule has 0 bridgehead atoms. The van der Waals surface area contributed by atoms with Crippen molar-refractivity contribution in [3.8, 4) is 0 Å². The lowest BCUT2D eigenvalue weighted by atomic mass is 10.1. The van der Waals surface area contributed by atoms with Crippen molar-refractivity contribution < 1.29 is 14.1 Å². The van der Waals surface area contributed by atoms with E-state index in [2.05, 4.69) is 31.9 Å². The lowest BCUT2D eigenvalue weighted by Crippen LogP contribution is -2.05. The number of alkyl halides is 1. The predicted molar refractivity (Wildman–Crippen MR) is 58.9 cm³/mol. The van der Waals surface area contributed by atoms with Gasteiger partial charge in [0.05, 0.1) is 20.3 Å². The fourth-order valence-corrected chi connectivity index (χ4v) is 1.62. The van der Waals surface area contributed by atoms with Gasteiger partial charge in [0.15, 0.2) is 5.78 Å². The number of nitro groups is 1. The van der Waals surface area contributed by atoms with Crippen molar-refractivity contribution in [3.05, 3.63) is 38.1 Å². The van der Waals surface area contributed by atoms with Crippen LogP contribution in [0.4, 0.5) is 10.1 Å². The van der Waals surface area contributed by atoms with Gasteiger partial charge >= 0.3 is 0 Å². The maximum absolute atomic E-state index is 13.1. The van der Waals surface area contributed by atoms with Crippen LogP contribution in [-0.4, -0.2) is 16.0 Å². The zero-order valence-electron chi connectivity index (χ0n) is 7.17. The molecule has 0 aliphatic heterocycles. The van der Waals surface area contributed by atoms with Crippen LogP contribution in [0.2, 0.25) is 0 Å². The summed E-state index contributed by atoms with van der Waals surface area (Å²) in [5.41, 5.74) is -0.648. The van der Waals surface area contributed by atoms with Crippen molar-refractivity contribution in [2.75, 3.05) is 5.33 Å². The molecule has 1 aromatic rings.